The Kier molecular flexibility index (Phi) is 7.55. The Morgan fingerprint density at radius 1 is 1.08 bits per heavy atom. The molecule has 0 aromatic heterocycles. The predicted molar refractivity (Wildman–Crippen MR) is 94.4 cm³/mol. The van der Waals surface area contributed by atoms with Crippen LogP contribution >= 0.6 is 0 Å². The molecule has 1 aromatic carbocycles. The van der Waals surface area contributed by atoms with Crippen LogP contribution in [-0.4, -0.2) is 43.7 Å². The van der Waals surface area contributed by atoms with E-state index in [0.29, 0.717) is 12.5 Å². The van der Waals surface area contributed by atoms with Crippen LogP contribution in [0.25, 0.3) is 0 Å². The number of nitrogens with zero attached hydrogens (tertiary/aromatic N) is 2. The number of likely N-dealkylation sites (tertiary alicyclic amines) is 1. The van der Waals surface area contributed by atoms with Gasteiger partial charge in [-0.3, -0.25) is 9.89 Å². The van der Waals surface area contributed by atoms with E-state index in [0.717, 1.165) is 25.2 Å². The maximum absolute atomic E-state index is 12.2. The van der Waals surface area contributed by atoms with Gasteiger partial charge in [-0.25, -0.2) is 0 Å². The van der Waals surface area contributed by atoms with Crippen molar-refractivity contribution < 1.29 is 13.2 Å². The molecule has 1 aliphatic heterocycles. The van der Waals surface area contributed by atoms with E-state index >= 15 is 0 Å². The van der Waals surface area contributed by atoms with Gasteiger partial charge in [0, 0.05) is 26.7 Å². The summed E-state index contributed by atoms with van der Waals surface area (Å²) >= 11 is 0. The molecule has 2 N–H and O–H groups in total. The fraction of sp³-hybridized carbons (Fsp3) is 0.611. The second kappa shape index (κ2) is 9.65. The van der Waals surface area contributed by atoms with Crippen molar-refractivity contribution >= 4 is 5.96 Å². The fourth-order valence-electron chi connectivity index (χ4n) is 2.96. The summed E-state index contributed by atoms with van der Waals surface area (Å²) in [6.07, 6.45) is -1.24. The molecule has 0 saturated carbocycles. The Labute approximate surface area is 147 Å². The highest BCUT2D eigenvalue weighted by Crippen LogP contribution is 2.18. The van der Waals surface area contributed by atoms with Crippen LogP contribution in [0.15, 0.2) is 29.3 Å². The van der Waals surface area contributed by atoms with E-state index in [2.05, 4.69) is 32.7 Å². The van der Waals surface area contributed by atoms with Gasteiger partial charge in [0.1, 0.15) is 0 Å². The second-order valence-corrected chi connectivity index (χ2v) is 6.32. The maximum Gasteiger partial charge on any atom is 0.390 e. The summed E-state index contributed by atoms with van der Waals surface area (Å²) in [4.78, 5) is 6.44. The molecule has 0 amide bonds. The Morgan fingerprint density at radius 2 is 1.76 bits per heavy atom. The van der Waals surface area contributed by atoms with Gasteiger partial charge >= 0.3 is 6.18 Å². The number of alkyl halides is 3. The van der Waals surface area contributed by atoms with Crippen molar-refractivity contribution in [3.63, 3.8) is 0 Å². The molecule has 0 aliphatic carbocycles. The molecule has 0 spiro atoms. The lowest BCUT2D eigenvalue weighted by Gasteiger charge is -2.27. The molecule has 4 nitrogen and oxygen atoms in total. The standard InChI is InChI=1S/C18H27F3N4/c1-22-17(23-10-9-18(19,20)21)24-13-15-7-3-4-8-16(15)14-25-11-5-2-6-12-25/h3-4,7-8H,2,5-6,9-14H2,1H3,(H2,22,23,24). The minimum absolute atomic E-state index is 0.182. The van der Waals surface area contributed by atoms with Crippen LogP contribution in [0.4, 0.5) is 13.2 Å². The van der Waals surface area contributed by atoms with E-state index in [1.807, 2.05) is 12.1 Å². The molecule has 0 atom stereocenters. The highest BCUT2D eigenvalue weighted by Gasteiger charge is 2.26. The zero-order valence-electron chi connectivity index (χ0n) is 14.7. The first-order valence-electron chi connectivity index (χ1n) is 8.78. The third-order valence-corrected chi connectivity index (χ3v) is 4.33. The predicted octanol–water partition coefficient (Wildman–Crippen LogP) is 3.29. The number of hydrogen-bond donors (Lipinski definition) is 2. The highest BCUT2D eigenvalue weighted by molar-refractivity contribution is 5.79. The van der Waals surface area contributed by atoms with Gasteiger partial charge in [-0.1, -0.05) is 30.7 Å². The summed E-state index contributed by atoms with van der Waals surface area (Å²) in [6, 6.07) is 8.18. The van der Waals surface area contributed by atoms with E-state index in [9.17, 15) is 13.2 Å². The van der Waals surface area contributed by atoms with Crippen molar-refractivity contribution in [1.82, 2.24) is 15.5 Å². The summed E-state index contributed by atoms with van der Waals surface area (Å²) in [6.45, 7) is 3.52. The van der Waals surface area contributed by atoms with E-state index in [4.69, 9.17) is 0 Å². The number of nitrogens with one attached hydrogen (secondary N) is 2. The molecule has 1 aromatic rings. The fourth-order valence-corrected chi connectivity index (χ4v) is 2.96. The van der Waals surface area contributed by atoms with Gasteiger partial charge in [-0.05, 0) is 37.1 Å². The second-order valence-electron chi connectivity index (χ2n) is 6.32. The van der Waals surface area contributed by atoms with Crippen molar-refractivity contribution in [3.05, 3.63) is 35.4 Å². The average molecular weight is 356 g/mol. The first kappa shape index (κ1) is 19.6. The molecule has 1 aliphatic rings. The van der Waals surface area contributed by atoms with Gasteiger partial charge in [-0.15, -0.1) is 0 Å². The van der Waals surface area contributed by atoms with Crippen LogP contribution in [0.3, 0.4) is 0 Å². The van der Waals surface area contributed by atoms with Crippen molar-refractivity contribution in [3.8, 4) is 0 Å². The van der Waals surface area contributed by atoms with Crippen molar-refractivity contribution in [2.24, 2.45) is 4.99 Å². The maximum atomic E-state index is 12.2. The van der Waals surface area contributed by atoms with Gasteiger partial charge in [0.2, 0.25) is 0 Å². The lowest BCUT2D eigenvalue weighted by Crippen LogP contribution is -2.38. The molecule has 7 heteroatoms. The van der Waals surface area contributed by atoms with Crippen LogP contribution in [-0.2, 0) is 13.1 Å². The normalized spacial score (nSPS) is 16.7. The molecule has 2 rings (SSSR count). The summed E-state index contributed by atoms with van der Waals surface area (Å²) in [7, 11) is 1.56. The number of halogens is 3. The van der Waals surface area contributed by atoms with Crippen LogP contribution in [0.5, 0.6) is 0 Å². The lowest BCUT2D eigenvalue weighted by molar-refractivity contribution is -0.132. The van der Waals surface area contributed by atoms with Gasteiger partial charge in [0.05, 0.1) is 6.42 Å². The lowest BCUT2D eigenvalue weighted by atomic mass is 10.0. The number of rotatable bonds is 6. The van der Waals surface area contributed by atoms with E-state index in [1.165, 1.54) is 24.8 Å². The quantitative estimate of drug-likeness (QED) is 0.607. The number of aliphatic imine (C=N–C) groups is 1. The monoisotopic (exact) mass is 356 g/mol. The molecule has 0 radical (unpaired) electrons. The number of hydrogen-bond acceptors (Lipinski definition) is 2. The molecule has 1 fully saturated rings. The molecule has 1 saturated heterocycles. The zero-order valence-corrected chi connectivity index (χ0v) is 14.7. The minimum Gasteiger partial charge on any atom is -0.356 e. The first-order valence-corrected chi connectivity index (χ1v) is 8.78. The largest absolute Gasteiger partial charge is 0.390 e. The summed E-state index contributed by atoms with van der Waals surface area (Å²) < 4.78 is 36.7. The molecular weight excluding hydrogens is 329 g/mol. The Hall–Kier alpha value is -1.76. The van der Waals surface area contributed by atoms with Gasteiger partial charge in [0.25, 0.3) is 0 Å². The summed E-state index contributed by atoms with van der Waals surface area (Å²) in [5.74, 6) is 0.386. The number of guanidine groups is 1. The molecular formula is C18H27F3N4. The molecule has 1 heterocycles. The van der Waals surface area contributed by atoms with E-state index < -0.39 is 12.6 Å². The number of piperidine rings is 1. The molecule has 140 valence electrons. The van der Waals surface area contributed by atoms with Crippen LogP contribution < -0.4 is 10.6 Å². The van der Waals surface area contributed by atoms with Crippen molar-refractivity contribution in [2.75, 3.05) is 26.7 Å². The molecule has 0 unspecified atom stereocenters. The summed E-state index contributed by atoms with van der Waals surface area (Å²) in [5, 5.41) is 5.81. The Morgan fingerprint density at radius 3 is 2.40 bits per heavy atom. The smallest absolute Gasteiger partial charge is 0.356 e. The third-order valence-electron chi connectivity index (χ3n) is 4.33. The SMILES string of the molecule is CN=C(NCCC(F)(F)F)NCc1ccccc1CN1CCCCC1. The zero-order chi connectivity index (χ0) is 18.1. The Balaban J connectivity index is 1.86. The average Bonchev–Trinajstić information content (AvgIpc) is 2.59. The van der Waals surface area contributed by atoms with Gasteiger partial charge < -0.3 is 10.6 Å². The van der Waals surface area contributed by atoms with Gasteiger partial charge in [0.15, 0.2) is 5.96 Å². The molecule has 0 bridgehead atoms. The van der Waals surface area contributed by atoms with Crippen molar-refractivity contribution in [1.29, 1.82) is 0 Å². The third kappa shape index (κ3) is 7.34. The summed E-state index contributed by atoms with van der Waals surface area (Å²) in [5.41, 5.74) is 2.40. The van der Waals surface area contributed by atoms with E-state index in [1.54, 1.807) is 7.05 Å². The minimum atomic E-state index is -4.16. The highest BCUT2D eigenvalue weighted by atomic mass is 19.4. The van der Waals surface area contributed by atoms with Crippen molar-refractivity contribution in [2.45, 2.75) is 44.9 Å². The van der Waals surface area contributed by atoms with Gasteiger partial charge in [-0.2, -0.15) is 13.2 Å². The van der Waals surface area contributed by atoms with Crippen LogP contribution in [0, 0.1) is 0 Å². The number of benzene rings is 1. The van der Waals surface area contributed by atoms with Crippen LogP contribution in [0.1, 0.15) is 36.8 Å². The Bertz CT molecular complexity index is 551. The first-order chi connectivity index (χ1) is 12.0. The van der Waals surface area contributed by atoms with E-state index in [-0.39, 0.29) is 6.54 Å². The molecule has 25 heavy (non-hydrogen) atoms. The topological polar surface area (TPSA) is 39.7 Å². The van der Waals surface area contributed by atoms with Crippen LogP contribution in [0.2, 0.25) is 0 Å².